The van der Waals surface area contributed by atoms with Crippen molar-refractivity contribution in [1.29, 1.82) is 0 Å². The number of amides is 1. The maximum atomic E-state index is 12.1. The van der Waals surface area contributed by atoms with Crippen LogP contribution in [-0.2, 0) is 16.2 Å². The fourth-order valence-corrected chi connectivity index (χ4v) is 4.20. The van der Waals surface area contributed by atoms with Crippen LogP contribution in [0.15, 0.2) is 66.7 Å². The molecule has 0 aromatic heterocycles. The fraction of sp³-hybridized carbons (Fsp3) is 0.231. The summed E-state index contributed by atoms with van der Waals surface area (Å²) in [6, 6.07) is 20.9. The van der Waals surface area contributed by atoms with Gasteiger partial charge < -0.3 is 9.84 Å². The molecule has 3 aromatic rings. The van der Waals surface area contributed by atoms with Crippen molar-refractivity contribution in [2.24, 2.45) is 0 Å². The minimum Gasteiger partial charge on any atom is -0.489 e. The Morgan fingerprint density at radius 1 is 1.03 bits per heavy atom. The zero-order valence-electron chi connectivity index (χ0n) is 17.7. The molecule has 1 N–H and O–H groups in total. The number of aryl methyl sites for hydroxylation is 2. The van der Waals surface area contributed by atoms with Crippen LogP contribution < -0.4 is 9.64 Å². The zero-order valence-corrected chi connectivity index (χ0v) is 17.7. The van der Waals surface area contributed by atoms with Crippen LogP contribution in [0.1, 0.15) is 29.5 Å². The van der Waals surface area contributed by atoms with E-state index in [1.54, 1.807) is 24.3 Å². The number of anilines is 1. The van der Waals surface area contributed by atoms with Crippen molar-refractivity contribution in [2.45, 2.75) is 39.3 Å². The Balaban J connectivity index is 1.47. The smallest absolute Gasteiger partial charge is 0.326 e. The van der Waals surface area contributed by atoms with E-state index in [1.807, 2.05) is 12.1 Å². The van der Waals surface area contributed by atoms with Gasteiger partial charge in [0, 0.05) is 12.1 Å². The van der Waals surface area contributed by atoms with Crippen molar-refractivity contribution in [3.63, 3.8) is 0 Å². The van der Waals surface area contributed by atoms with Crippen molar-refractivity contribution in [1.82, 2.24) is 0 Å². The molecule has 1 saturated heterocycles. The Bertz CT molecular complexity index is 1100. The number of ether oxygens (including phenoxy) is 1. The molecule has 1 fully saturated rings. The Kier molecular flexibility index (Phi) is 5.76. The van der Waals surface area contributed by atoms with Gasteiger partial charge in [0.15, 0.2) is 0 Å². The van der Waals surface area contributed by atoms with Crippen LogP contribution in [0.3, 0.4) is 0 Å². The fourth-order valence-electron chi connectivity index (χ4n) is 4.20. The Labute approximate surface area is 181 Å². The second-order valence-corrected chi connectivity index (χ2v) is 7.91. The maximum absolute atomic E-state index is 12.1. The quantitative estimate of drug-likeness (QED) is 0.606. The van der Waals surface area contributed by atoms with E-state index in [2.05, 4.69) is 44.2 Å². The summed E-state index contributed by atoms with van der Waals surface area (Å²) in [5.74, 6) is -0.473. The molecule has 0 unspecified atom stereocenters. The lowest BCUT2D eigenvalue weighted by Crippen LogP contribution is -2.38. The van der Waals surface area contributed by atoms with E-state index < -0.39 is 12.0 Å². The van der Waals surface area contributed by atoms with Gasteiger partial charge in [-0.15, -0.1) is 0 Å². The van der Waals surface area contributed by atoms with Gasteiger partial charge in [-0.3, -0.25) is 9.69 Å². The van der Waals surface area contributed by atoms with Gasteiger partial charge >= 0.3 is 5.97 Å². The number of carboxylic acid groups (broad SMARTS) is 1. The summed E-state index contributed by atoms with van der Waals surface area (Å²) in [6.45, 7) is 4.65. The molecule has 0 radical (unpaired) electrons. The molecule has 1 aliphatic rings. The highest BCUT2D eigenvalue weighted by Crippen LogP contribution is 2.30. The number of nitrogens with zero attached hydrogens (tertiary/aromatic N) is 1. The average molecular weight is 415 g/mol. The first-order chi connectivity index (χ1) is 14.9. The maximum Gasteiger partial charge on any atom is 0.326 e. The molecule has 1 heterocycles. The summed E-state index contributed by atoms with van der Waals surface area (Å²) in [5, 5.41) is 9.35. The van der Waals surface area contributed by atoms with Crippen LogP contribution in [0.5, 0.6) is 5.75 Å². The lowest BCUT2D eigenvalue weighted by atomic mass is 9.95. The first-order valence-corrected chi connectivity index (χ1v) is 10.4. The second kappa shape index (κ2) is 8.64. The standard InChI is InChI=1S/C26H25NO4/c1-17-5-3-6-18(2)25(17)20-8-4-7-19(15-20)16-31-22-11-9-21(10-12-22)27-23(26(29)30)13-14-24(27)28/h3-12,15,23H,13-14,16H2,1-2H3,(H,29,30)/t23-/m0/s1. The SMILES string of the molecule is Cc1cccc(C)c1-c1cccc(COc2ccc(N3C(=O)CC[C@H]3C(=O)O)cc2)c1. The van der Waals surface area contributed by atoms with Crippen molar-refractivity contribution in [3.8, 4) is 16.9 Å². The van der Waals surface area contributed by atoms with Crippen LogP contribution in [0.25, 0.3) is 11.1 Å². The van der Waals surface area contributed by atoms with Gasteiger partial charge in [0.1, 0.15) is 18.4 Å². The molecule has 158 valence electrons. The van der Waals surface area contributed by atoms with Crippen LogP contribution in [0, 0.1) is 13.8 Å². The van der Waals surface area contributed by atoms with Crippen molar-refractivity contribution >= 4 is 17.6 Å². The van der Waals surface area contributed by atoms with E-state index in [0.29, 0.717) is 24.5 Å². The van der Waals surface area contributed by atoms with Crippen molar-refractivity contribution in [2.75, 3.05) is 4.90 Å². The van der Waals surface area contributed by atoms with Gasteiger partial charge in [0.2, 0.25) is 5.91 Å². The number of carboxylic acids is 1. The van der Waals surface area contributed by atoms with E-state index in [9.17, 15) is 14.7 Å². The molecule has 0 aliphatic carbocycles. The highest BCUT2D eigenvalue weighted by molar-refractivity contribution is 6.02. The molecule has 1 atom stereocenters. The van der Waals surface area contributed by atoms with E-state index >= 15 is 0 Å². The molecule has 5 nitrogen and oxygen atoms in total. The number of aliphatic carboxylic acids is 1. The number of hydrogen-bond donors (Lipinski definition) is 1. The van der Waals surface area contributed by atoms with Gasteiger partial charge in [-0.05, 0) is 78.4 Å². The lowest BCUT2D eigenvalue weighted by molar-refractivity contribution is -0.138. The Hall–Kier alpha value is -3.60. The van der Waals surface area contributed by atoms with Crippen molar-refractivity contribution in [3.05, 3.63) is 83.4 Å². The molecular formula is C26H25NO4. The first-order valence-electron chi connectivity index (χ1n) is 10.4. The summed E-state index contributed by atoms with van der Waals surface area (Å²) in [6.07, 6.45) is 0.592. The average Bonchev–Trinajstić information content (AvgIpc) is 3.15. The van der Waals surface area contributed by atoms with E-state index in [0.717, 1.165) is 5.56 Å². The third-order valence-corrected chi connectivity index (χ3v) is 5.71. The molecule has 0 bridgehead atoms. The summed E-state index contributed by atoms with van der Waals surface area (Å²) in [7, 11) is 0. The monoisotopic (exact) mass is 415 g/mol. The number of carbonyl (C=O) groups is 2. The molecule has 1 aliphatic heterocycles. The molecule has 5 heteroatoms. The van der Waals surface area contributed by atoms with Gasteiger partial charge in [0.05, 0.1) is 0 Å². The Morgan fingerprint density at radius 2 is 1.71 bits per heavy atom. The summed E-state index contributed by atoms with van der Waals surface area (Å²) >= 11 is 0. The number of benzene rings is 3. The molecule has 0 saturated carbocycles. The zero-order chi connectivity index (χ0) is 22.0. The van der Waals surface area contributed by atoms with Gasteiger partial charge in [-0.1, -0.05) is 36.4 Å². The summed E-state index contributed by atoms with van der Waals surface area (Å²) in [4.78, 5) is 24.9. The number of rotatable bonds is 6. The van der Waals surface area contributed by atoms with E-state index in [1.165, 1.54) is 27.2 Å². The molecule has 1 amide bonds. The molecular weight excluding hydrogens is 390 g/mol. The number of hydrogen-bond acceptors (Lipinski definition) is 3. The van der Waals surface area contributed by atoms with Gasteiger partial charge in [0.25, 0.3) is 0 Å². The van der Waals surface area contributed by atoms with Crippen LogP contribution in [-0.4, -0.2) is 23.0 Å². The van der Waals surface area contributed by atoms with Crippen molar-refractivity contribution < 1.29 is 19.4 Å². The van der Waals surface area contributed by atoms with Gasteiger partial charge in [-0.2, -0.15) is 0 Å². The topological polar surface area (TPSA) is 66.8 Å². The van der Waals surface area contributed by atoms with Gasteiger partial charge in [-0.25, -0.2) is 4.79 Å². The third kappa shape index (κ3) is 4.31. The van der Waals surface area contributed by atoms with Crippen LogP contribution in [0.2, 0.25) is 0 Å². The first kappa shape index (κ1) is 20.7. The number of carbonyl (C=O) groups excluding carboxylic acids is 1. The highest BCUT2D eigenvalue weighted by atomic mass is 16.5. The highest BCUT2D eigenvalue weighted by Gasteiger charge is 2.36. The lowest BCUT2D eigenvalue weighted by Gasteiger charge is -2.21. The van der Waals surface area contributed by atoms with E-state index in [-0.39, 0.29) is 12.3 Å². The van der Waals surface area contributed by atoms with Crippen LogP contribution in [0.4, 0.5) is 5.69 Å². The summed E-state index contributed by atoms with van der Waals surface area (Å²) in [5.41, 5.74) is 6.54. The molecule has 0 spiro atoms. The Morgan fingerprint density at radius 3 is 2.39 bits per heavy atom. The third-order valence-electron chi connectivity index (χ3n) is 5.71. The molecule has 3 aromatic carbocycles. The minimum atomic E-state index is -0.977. The second-order valence-electron chi connectivity index (χ2n) is 7.91. The molecule has 31 heavy (non-hydrogen) atoms. The molecule has 4 rings (SSSR count). The predicted octanol–water partition coefficient (Wildman–Crippen LogP) is 5.13. The summed E-state index contributed by atoms with van der Waals surface area (Å²) < 4.78 is 5.94. The normalized spacial score (nSPS) is 15.9. The minimum absolute atomic E-state index is 0.163. The largest absolute Gasteiger partial charge is 0.489 e. The predicted molar refractivity (Wildman–Crippen MR) is 120 cm³/mol. The van der Waals surface area contributed by atoms with Crippen LogP contribution >= 0.6 is 0 Å². The van der Waals surface area contributed by atoms with E-state index in [4.69, 9.17) is 4.74 Å².